The van der Waals surface area contributed by atoms with E-state index in [0.29, 0.717) is 0 Å². The van der Waals surface area contributed by atoms with Crippen LogP contribution in [0.1, 0.15) is 31.9 Å². The maximum absolute atomic E-state index is 5.26. The largest absolute Gasteiger partial charge is 0.390 e. The molecule has 0 unspecified atom stereocenters. The first-order valence-corrected chi connectivity index (χ1v) is 4.76. The minimum Gasteiger partial charge on any atom is -0.390 e. The molecule has 0 saturated carbocycles. The van der Waals surface area contributed by atoms with Crippen LogP contribution in [0.2, 0.25) is 0 Å². The van der Waals surface area contributed by atoms with Crippen LogP contribution in [0.15, 0.2) is 29.4 Å². The first-order chi connectivity index (χ1) is 6.49. The number of nitrogens with zero attached hydrogens (tertiary/aromatic N) is 1. The average Bonchev–Trinajstić information content (AvgIpc) is 2.06. The zero-order valence-electron chi connectivity index (χ0n) is 9.24. The smallest absolute Gasteiger partial charge is 0.129 e. The molecule has 0 atom stereocenters. The lowest BCUT2D eigenvalue weighted by Crippen LogP contribution is -2.15. The van der Waals surface area contributed by atoms with Gasteiger partial charge in [0.1, 0.15) is 5.60 Å². The summed E-state index contributed by atoms with van der Waals surface area (Å²) in [5.41, 5.74) is 2.07. The fourth-order valence-corrected chi connectivity index (χ4v) is 0.973. The molecule has 2 heteroatoms. The van der Waals surface area contributed by atoms with Gasteiger partial charge in [0.2, 0.25) is 0 Å². The number of oxime groups is 1. The van der Waals surface area contributed by atoms with Crippen molar-refractivity contribution in [2.45, 2.75) is 33.3 Å². The van der Waals surface area contributed by atoms with E-state index >= 15 is 0 Å². The molecule has 76 valence electrons. The summed E-state index contributed by atoms with van der Waals surface area (Å²) in [4.78, 5) is 5.26. The summed E-state index contributed by atoms with van der Waals surface area (Å²) in [6.45, 7) is 7.98. The van der Waals surface area contributed by atoms with Crippen molar-refractivity contribution in [3.8, 4) is 0 Å². The predicted octanol–water partition coefficient (Wildman–Crippen LogP) is 3.14. The Morgan fingerprint density at radius 3 is 2.43 bits per heavy atom. The first kappa shape index (κ1) is 10.8. The van der Waals surface area contributed by atoms with Gasteiger partial charge < -0.3 is 4.84 Å². The van der Waals surface area contributed by atoms with E-state index in [4.69, 9.17) is 4.84 Å². The lowest BCUT2D eigenvalue weighted by atomic mass is 10.1. The van der Waals surface area contributed by atoms with Gasteiger partial charge in [-0.3, -0.25) is 0 Å². The lowest BCUT2D eigenvalue weighted by molar-refractivity contribution is 0.00199. The second-order valence-corrected chi connectivity index (χ2v) is 4.29. The van der Waals surface area contributed by atoms with Gasteiger partial charge in [0.05, 0.1) is 6.21 Å². The molecule has 0 saturated heterocycles. The standard InChI is InChI=1S/C12H17NO/c1-10-7-5-6-8-11(10)9-13-14-12(2,3)4/h5-9H,1-4H3. The Balaban J connectivity index is 2.65. The van der Waals surface area contributed by atoms with Gasteiger partial charge in [0.15, 0.2) is 0 Å². The maximum Gasteiger partial charge on any atom is 0.129 e. The molecule has 1 aromatic rings. The van der Waals surface area contributed by atoms with Gasteiger partial charge in [-0.15, -0.1) is 0 Å². The molecule has 0 heterocycles. The number of benzene rings is 1. The molecule has 1 aromatic carbocycles. The van der Waals surface area contributed by atoms with Crippen LogP contribution in [0.25, 0.3) is 0 Å². The third-order valence-corrected chi connectivity index (χ3v) is 1.71. The van der Waals surface area contributed by atoms with Crippen molar-refractivity contribution < 1.29 is 4.84 Å². The molecule has 1 rings (SSSR count). The van der Waals surface area contributed by atoms with E-state index in [1.165, 1.54) is 5.56 Å². The van der Waals surface area contributed by atoms with Crippen LogP contribution in [0.4, 0.5) is 0 Å². The van der Waals surface area contributed by atoms with E-state index in [1.54, 1.807) is 6.21 Å². The lowest BCUT2D eigenvalue weighted by Gasteiger charge is -2.14. The fourth-order valence-electron chi connectivity index (χ4n) is 0.973. The van der Waals surface area contributed by atoms with E-state index in [0.717, 1.165) is 5.56 Å². The molecule has 0 radical (unpaired) electrons. The fraction of sp³-hybridized carbons (Fsp3) is 0.417. The van der Waals surface area contributed by atoms with Crippen molar-refractivity contribution in [3.05, 3.63) is 35.4 Å². The predicted molar refractivity (Wildman–Crippen MR) is 59.6 cm³/mol. The van der Waals surface area contributed by atoms with Gasteiger partial charge in [-0.05, 0) is 38.8 Å². The van der Waals surface area contributed by atoms with E-state index in [2.05, 4.69) is 18.1 Å². The topological polar surface area (TPSA) is 21.6 Å². The van der Waals surface area contributed by atoms with Gasteiger partial charge in [0, 0.05) is 0 Å². The van der Waals surface area contributed by atoms with Crippen molar-refractivity contribution in [3.63, 3.8) is 0 Å². The van der Waals surface area contributed by atoms with E-state index in [1.807, 2.05) is 39.0 Å². The minimum absolute atomic E-state index is 0.223. The van der Waals surface area contributed by atoms with Gasteiger partial charge in [-0.1, -0.05) is 29.4 Å². The first-order valence-electron chi connectivity index (χ1n) is 4.76. The highest BCUT2D eigenvalue weighted by Gasteiger charge is 2.09. The summed E-state index contributed by atoms with van der Waals surface area (Å²) < 4.78 is 0. The maximum atomic E-state index is 5.26. The molecular weight excluding hydrogens is 174 g/mol. The van der Waals surface area contributed by atoms with E-state index < -0.39 is 0 Å². The number of aryl methyl sites for hydroxylation is 1. The second-order valence-electron chi connectivity index (χ2n) is 4.29. The normalized spacial score (nSPS) is 12.0. The van der Waals surface area contributed by atoms with Crippen LogP contribution in [0, 0.1) is 6.92 Å². The Labute approximate surface area is 85.6 Å². The van der Waals surface area contributed by atoms with Crippen LogP contribution in [0.3, 0.4) is 0 Å². The Hall–Kier alpha value is -1.31. The van der Waals surface area contributed by atoms with Gasteiger partial charge in [0.25, 0.3) is 0 Å². The highest BCUT2D eigenvalue weighted by molar-refractivity contribution is 5.81. The molecule has 0 aliphatic carbocycles. The molecule has 14 heavy (non-hydrogen) atoms. The Kier molecular flexibility index (Phi) is 3.28. The highest BCUT2D eigenvalue weighted by Crippen LogP contribution is 2.08. The van der Waals surface area contributed by atoms with Gasteiger partial charge in [-0.25, -0.2) is 0 Å². The molecule has 0 spiro atoms. The summed E-state index contributed by atoms with van der Waals surface area (Å²) >= 11 is 0. The summed E-state index contributed by atoms with van der Waals surface area (Å²) in [5.74, 6) is 0. The van der Waals surface area contributed by atoms with E-state index in [-0.39, 0.29) is 5.60 Å². The third kappa shape index (κ3) is 3.60. The van der Waals surface area contributed by atoms with Crippen LogP contribution < -0.4 is 0 Å². The number of hydrogen-bond donors (Lipinski definition) is 0. The summed E-state index contributed by atoms with van der Waals surface area (Å²) in [6.07, 6.45) is 1.75. The quantitative estimate of drug-likeness (QED) is 0.520. The highest BCUT2D eigenvalue weighted by atomic mass is 16.6. The van der Waals surface area contributed by atoms with E-state index in [9.17, 15) is 0 Å². The van der Waals surface area contributed by atoms with Crippen molar-refractivity contribution in [1.29, 1.82) is 0 Å². The van der Waals surface area contributed by atoms with Crippen LogP contribution in [-0.4, -0.2) is 11.8 Å². The van der Waals surface area contributed by atoms with Crippen LogP contribution in [0.5, 0.6) is 0 Å². The van der Waals surface area contributed by atoms with Crippen molar-refractivity contribution in [2.24, 2.45) is 5.16 Å². The summed E-state index contributed by atoms with van der Waals surface area (Å²) in [6, 6.07) is 8.08. The summed E-state index contributed by atoms with van der Waals surface area (Å²) in [7, 11) is 0. The second kappa shape index (κ2) is 4.27. The average molecular weight is 191 g/mol. The molecule has 0 amide bonds. The van der Waals surface area contributed by atoms with Gasteiger partial charge in [-0.2, -0.15) is 0 Å². The SMILES string of the molecule is Cc1ccccc1C=NOC(C)(C)C. The molecule has 0 N–H and O–H groups in total. The molecule has 0 bridgehead atoms. The molecule has 0 aromatic heterocycles. The van der Waals surface area contributed by atoms with Crippen LogP contribution >= 0.6 is 0 Å². The van der Waals surface area contributed by atoms with Crippen molar-refractivity contribution in [1.82, 2.24) is 0 Å². The zero-order chi connectivity index (χ0) is 10.6. The summed E-state index contributed by atoms with van der Waals surface area (Å²) in [5, 5.41) is 3.95. The minimum atomic E-state index is -0.223. The molecule has 0 aliphatic rings. The Morgan fingerprint density at radius 2 is 1.86 bits per heavy atom. The van der Waals surface area contributed by atoms with Crippen LogP contribution in [-0.2, 0) is 4.84 Å². The monoisotopic (exact) mass is 191 g/mol. The molecule has 0 aliphatic heterocycles. The van der Waals surface area contributed by atoms with Gasteiger partial charge >= 0.3 is 0 Å². The van der Waals surface area contributed by atoms with Crippen molar-refractivity contribution >= 4 is 6.21 Å². The molecular formula is C12H17NO. The number of hydrogen-bond acceptors (Lipinski definition) is 2. The zero-order valence-corrected chi connectivity index (χ0v) is 9.24. The third-order valence-electron chi connectivity index (χ3n) is 1.71. The Morgan fingerprint density at radius 1 is 1.21 bits per heavy atom. The molecule has 2 nitrogen and oxygen atoms in total. The Bertz CT molecular complexity index is 323. The number of rotatable bonds is 2. The molecule has 0 fully saturated rings. The van der Waals surface area contributed by atoms with Crippen molar-refractivity contribution in [2.75, 3.05) is 0 Å².